The quantitative estimate of drug-likeness (QED) is 0.865. The number of rotatable bonds is 3. The predicted molar refractivity (Wildman–Crippen MR) is 69.9 cm³/mol. The predicted octanol–water partition coefficient (Wildman–Crippen LogP) is 0.985. The highest BCUT2D eigenvalue weighted by molar-refractivity contribution is 5.72. The number of aliphatic carboxylic acids is 1. The minimum absolute atomic E-state index is 0.406. The Balaban J connectivity index is 1.99. The standard InChI is InChI=1S/C13H19N3O2/c1-10-4-3-5-14-12(10)16-8-6-15(7-9-16)11(2)13(17)18/h3-5,11H,6-9H2,1-2H3,(H,17,18). The van der Waals surface area contributed by atoms with Crippen LogP contribution in [-0.4, -0.2) is 53.2 Å². The molecule has 0 saturated carbocycles. The summed E-state index contributed by atoms with van der Waals surface area (Å²) >= 11 is 0. The van der Waals surface area contributed by atoms with Crippen molar-refractivity contribution in [3.8, 4) is 0 Å². The molecule has 0 spiro atoms. The minimum Gasteiger partial charge on any atom is -0.480 e. The molecule has 2 heterocycles. The Morgan fingerprint density at radius 1 is 1.39 bits per heavy atom. The van der Waals surface area contributed by atoms with E-state index in [1.165, 1.54) is 0 Å². The molecule has 2 rings (SSSR count). The number of hydrogen-bond donors (Lipinski definition) is 1. The van der Waals surface area contributed by atoms with Gasteiger partial charge in [0.2, 0.25) is 0 Å². The van der Waals surface area contributed by atoms with Crippen LogP contribution in [0.1, 0.15) is 12.5 Å². The molecular weight excluding hydrogens is 230 g/mol. The summed E-state index contributed by atoms with van der Waals surface area (Å²) < 4.78 is 0. The van der Waals surface area contributed by atoms with Crippen LogP contribution in [0.5, 0.6) is 0 Å². The van der Waals surface area contributed by atoms with Gasteiger partial charge in [0.05, 0.1) is 0 Å². The zero-order valence-corrected chi connectivity index (χ0v) is 10.8. The van der Waals surface area contributed by atoms with Crippen LogP contribution in [0.2, 0.25) is 0 Å². The minimum atomic E-state index is -0.752. The number of hydrogen-bond acceptors (Lipinski definition) is 4. The summed E-state index contributed by atoms with van der Waals surface area (Å²) in [4.78, 5) is 19.6. The summed E-state index contributed by atoms with van der Waals surface area (Å²) in [5.41, 5.74) is 1.16. The molecule has 1 fully saturated rings. The van der Waals surface area contributed by atoms with Gasteiger partial charge < -0.3 is 10.0 Å². The van der Waals surface area contributed by atoms with Gasteiger partial charge in [-0.3, -0.25) is 9.69 Å². The number of carbonyl (C=O) groups is 1. The van der Waals surface area contributed by atoms with Crippen molar-refractivity contribution >= 4 is 11.8 Å². The highest BCUT2D eigenvalue weighted by atomic mass is 16.4. The molecule has 18 heavy (non-hydrogen) atoms. The zero-order valence-electron chi connectivity index (χ0n) is 10.8. The maximum Gasteiger partial charge on any atom is 0.320 e. The molecule has 0 amide bonds. The van der Waals surface area contributed by atoms with Crippen molar-refractivity contribution in [2.45, 2.75) is 19.9 Å². The van der Waals surface area contributed by atoms with Crippen molar-refractivity contribution < 1.29 is 9.90 Å². The van der Waals surface area contributed by atoms with Gasteiger partial charge in [0, 0.05) is 32.4 Å². The lowest BCUT2D eigenvalue weighted by molar-refractivity contribution is -0.142. The third kappa shape index (κ3) is 2.61. The molecular formula is C13H19N3O2. The Morgan fingerprint density at radius 3 is 2.61 bits per heavy atom. The van der Waals surface area contributed by atoms with Gasteiger partial charge in [0.25, 0.3) is 0 Å². The molecule has 5 nitrogen and oxygen atoms in total. The fourth-order valence-corrected chi connectivity index (χ4v) is 2.29. The van der Waals surface area contributed by atoms with E-state index in [2.05, 4.69) is 22.9 Å². The van der Waals surface area contributed by atoms with Crippen molar-refractivity contribution in [2.24, 2.45) is 0 Å². The topological polar surface area (TPSA) is 56.7 Å². The second-order valence-electron chi connectivity index (χ2n) is 4.68. The average molecular weight is 249 g/mol. The lowest BCUT2D eigenvalue weighted by Gasteiger charge is -2.37. The van der Waals surface area contributed by atoms with Crippen LogP contribution in [-0.2, 0) is 4.79 Å². The second kappa shape index (κ2) is 5.35. The van der Waals surface area contributed by atoms with Gasteiger partial charge in [-0.05, 0) is 25.5 Å². The Bertz CT molecular complexity index is 428. The Morgan fingerprint density at radius 2 is 2.06 bits per heavy atom. The molecule has 0 aliphatic carbocycles. The molecule has 98 valence electrons. The first-order valence-corrected chi connectivity index (χ1v) is 6.23. The van der Waals surface area contributed by atoms with Crippen molar-refractivity contribution in [1.29, 1.82) is 0 Å². The lowest BCUT2D eigenvalue weighted by atomic mass is 10.2. The maximum atomic E-state index is 10.9. The van der Waals surface area contributed by atoms with E-state index in [1.54, 1.807) is 13.1 Å². The molecule has 1 atom stereocenters. The summed E-state index contributed by atoms with van der Waals surface area (Å²) in [7, 11) is 0. The molecule has 1 aromatic heterocycles. The normalized spacial score (nSPS) is 18.7. The number of aryl methyl sites for hydroxylation is 1. The summed E-state index contributed by atoms with van der Waals surface area (Å²) in [6.45, 7) is 6.98. The average Bonchev–Trinajstić information content (AvgIpc) is 2.38. The van der Waals surface area contributed by atoms with Crippen LogP contribution in [0, 0.1) is 6.92 Å². The third-order valence-electron chi connectivity index (χ3n) is 3.50. The summed E-state index contributed by atoms with van der Waals surface area (Å²) in [5.74, 6) is 0.262. The number of piperazine rings is 1. The van der Waals surface area contributed by atoms with Crippen molar-refractivity contribution in [1.82, 2.24) is 9.88 Å². The number of anilines is 1. The third-order valence-corrected chi connectivity index (χ3v) is 3.50. The number of carboxylic acid groups (broad SMARTS) is 1. The smallest absolute Gasteiger partial charge is 0.320 e. The van der Waals surface area contributed by atoms with Crippen molar-refractivity contribution in [2.75, 3.05) is 31.1 Å². The van der Waals surface area contributed by atoms with E-state index in [1.807, 2.05) is 11.0 Å². The van der Waals surface area contributed by atoms with Gasteiger partial charge in [-0.15, -0.1) is 0 Å². The van der Waals surface area contributed by atoms with E-state index in [-0.39, 0.29) is 0 Å². The van der Waals surface area contributed by atoms with E-state index in [4.69, 9.17) is 5.11 Å². The van der Waals surface area contributed by atoms with Gasteiger partial charge in [-0.1, -0.05) is 6.07 Å². The van der Waals surface area contributed by atoms with Crippen LogP contribution in [0.3, 0.4) is 0 Å². The molecule has 1 aliphatic rings. The number of aromatic nitrogens is 1. The molecule has 1 aromatic rings. The molecule has 5 heteroatoms. The molecule has 1 aliphatic heterocycles. The van der Waals surface area contributed by atoms with Gasteiger partial charge in [0.1, 0.15) is 11.9 Å². The van der Waals surface area contributed by atoms with E-state index < -0.39 is 12.0 Å². The second-order valence-corrected chi connectivity index (χ2v) is 4.68. The first kappa shape index (κ1) is 12.8. The first-order valence-electron chi connectivity index (χ1n) is 6.23. The molecule has 1 saturated heterocycles. The van der Waals surface area contributed by atoms with Crippen LogP contribution < -0.4 is 4.90 Å². The zero-order chi connectivity index (χ0) is 13.1. The molecule has 0 bridgehead atoms. The van der Waals surface area contributed by atoms with Gasteiger partial charge in [-0.25, -0.2) is 4.98 Å². The van der Waals surface area contributed by atoms with E-state index in [0.717, 1.165) is 37.6 Å². The van der Waals surface area contributed by atoms with Gasteiger partial charge in [-0.2, -0.15) is 0 Å². The summed E-state index contributed by atoms with van der Waals surface area (Å²) in [6.07, 6.45) is 1.80. The highest BCUT2D eigenvalue weighted by Gasteiger charge is 2.25. The monoisotopic (exact) mass is 249 g/mol. The fraction of sp³-hybridized carbons (Fsp3) is 0.538. The first-order chi connectivity index (χ1) is 8.59. The lowest BCUT2D eigenvalue weighted by Crippen LogP contribution is -2.52. The van der Waals surface area contributed by atoms with E-state index >= 15 is 0 Å². The van der Waals surface area contributed by atoms with Crippen LogP contribution in [0.4, 0.5) is 5.82 Å². The summed E-state index contributed by atoms with van der Waals surface area (Å²) in [6, 6.07) is 3.58. The highest BCUT2D eigenvalue weighted by Crippen LogP contribution is 2.18. The summed E-state index contributed by atoms with van der Waals surface area (Å²) in [5, 5.41) is 8.99. The Kier molecular flexibility index (Phi) is 3.81. The van der Waals surface area contributed by atoms with Crippen molar-refractivity contribution in [3.05, 3.63) is 23.9 Å². The maximum absolute atomic E-state index is 10.9. The molecule has 0 radical (unpaired) electrons. The van der Waals surface area contributed by atoms with Gasteiger partial charge >= 0.3 is 5.97 Å². The van der Waals surface area contributed by atoms with Crippen LogP contribution >= 0.6 is 0 Å². The van der Waals surface area contributed by atoms with Crippen LogP contribution in [0.25, 0.3) is 0 Å². The van der Waals surface area contributed by atoms with E-state index in [9.17, 15) is 4.79 Å². The Labute approximate surface area is 107 Å². The largest absolute Gasteiger partial charge is 0.480 e. The molecule has 0 aromatic carbocycles. The van der Waals surface area contributed by atoms with Crippen LogP contribution in [0.15, 0.2) is 18.3 Å². The fourth-order valence-electron chi connectivity index (χ4n) is 2.29. The number of carboxylic acids is 1. The SMILES string of the molecule is Cc1cccnc1N1CCN(C(C)C(=O)O)CC1. The Hall–Kier alpha value is -1.62. The molecule has 1 N–H and O–H groups in total. The van der Waals surface area contributed by atoms with Crippen molar-refractivity contribution in [3.63, 3.8) is 0 Å². The molecule has 1 unspecified atom stereocenters. The van der Waals surface area contributed by atoms with E-state index in [0.29, 0.717) is 0 Å². The number of pyridine rings is 1. The van der Waals surface area contributed by atoms with Gasteiger partial charge in [0.15, 0.2) is 0 Å². The number of nitrogens with zero attached hydrogens (tertiary/aromatic N) is 3.